The van der Waals surface area contributed by atoms with E-state index in [4.69, 9.17) is 0 Å². The van der Waals surface area contributed by atoms with Crippen LogP contribution in [-0.2, 0) is 6.42 Å². The smallest absolute Gasteiger partial charge is 0.0932 e. The highest BCUT2D eigenvalue weighted by atomic mass is 15.1. The lowest BCUT2D eigenvalue weighted by Gasteiger charge is -2.18. The minimum Gasteiger partial charge on any atom is -0.159 e. The van der Waals surface area contributed by atoms with Gasteiger partial charge in [-0.3, -0.25) is 0 Å². The summed E-state index contributed by atoms with van der Waals surface area (Å²) < 4.78 is 0. The number of aromatic nitrogens is 2. The van der Waals surface area contributed by atoms with Crippen molar-refractivity contribution in [2.75, 3.05) is 0 Å². The maximum absolute atomic E-state index is 4.12. The lowest BCUT2D eigenvalue weighted by atomic mass is 9.88. The molecule has 1 heterocycles. The van der Waals surface area contributed by atoms with E-state index < -0.39 is 0 Å². The Morgan fingerprint density at radius 3 is 2.67 bits per heavy atom. The molecule has 15 heavy (non-hydrogen) atoms. The fourth-order valence-electron chi connectivity index (χ4n) is 1.75. The van der Waals surface area contributed by atoms with Crippen LogP contribution in [-0.4, -0.2) is 10.2 Å². The lowest BCUT2D eigenvalue weighted by molar-refractivity contribution is 0.411. The second-order valence-corrected chi connectivity index (χ2v) is 5.16. The predicted octanol–water partition coefficient (Wildman–Crippen LogP) is 3.22. The maximum atomic E-state index is 4.12. The first-order chi connectivity index (χ1) is 7.04. The van der Waals surface area contributed by atoms with Crippen molar-refractivity contribution in [3.8, 4) is 0 Å². The molecule has 0 N–H and O–H groups in total. The van der Waals surface area contributed by atoms with Gasteiger partial charge in [-0.15, -0.1) is 0 Å². The Bertz CT molecular complexity index is 469. The van der Waals surface area contributed by atoms with Gasteiger partial charge < -0.3 is 0 Å². The molecular formula is C13H16N2. The highest BCUT2D eigenvalue weighted by molar-refractivity contribution is 5.78. The van der Waals surface area contributed by atoms with Crippen molar-refractivity contribution < 1.29 is 0 Å². The van der Waals surface area contributed by atoms with E-state index >= 15 is 0 Å². The first kappa shape index (κ1) is 10.1. The van der Waals surface area contributed by atoms with Crippen LogP contribution in [0, 0.1) is 5.41 Å². The molecule has 0 aliphatic carbocycles. The molecule has 0 bridgehead atoms. The molecule has 2 nitrogen and oxygen atoms in total. The van der Waals surface area contributed by atoms with E-state index in [2.05, 4.69) is 49.2 Å². The third kappa shape index (κ3) is 2.52. The molecule has 0 saturated heterocycles. The Hall–Kier alpha value is -1.44. The number of hydrogen-bond acceptors (Lipinski definition) is 2. The molecule has 2 heteroatoms. The summed E-state index contributed by atoms with van der Waals surface area (Å²) in [6.07, 6.45) is 2.80. The minimum absolute atomic E-state index is 0.315. The number of rotatable bonds is 1. The van der Waals surface area contributed by atoms with Crippen molar-refractivity contribution in [1.82, 2.24) is 10.2 Å². The van der Waals surface area contributed by atoms with Crippen LogP contribution in [0.3, 0.4) is 0 Å². The summed E-state index contributed by atoms with van der Waals surface area (Å²) in [6.45, 7) is 6.73. The summed E-state index contributed by atoms with van der Waals surface area (Å²) in [4.78, 5) is 0. The third-order valence-electron chi connectivity index (χ3n) is 2.32. The van der Waals surface area contributed by atoms with Crippen molar-refractivity contribution in [3.05, 3.63) is 36.0 Å². The van der Waals surface area contributed by atoms with Crippen LogP contribution in [0.25, 0.3) is 10.9 Å². The van der Waals surface area contributed by atoms with Crippen LogP contribution in [0.4, 0.5) is 0 Å². The summed E-state index contributed by atoms with van der Waals surface area (Å²) in [6, 6.07) is 8.41. The molecule has 1 aromatic carbocycles. The molecule has 2 rings (SSSR count). The number of fused-ring (bicyclic) bond motifs is 1. The second-order valence-electron chi connectivity index (χ2n) is 5.16. The van der Waals surface area contributed by atoms with Crippen molar-refractivity contribution in [2.45, 2.75) is 27.2 Å². The molecule has 0 unspecified atom stereocenters. The quantitative estimate of drug-likeness (QED) is 0.706. The normalized spacial score (nSPS) is 11.9. The second kappa shape index (κ2) is 3.61. The average Bonchev–Trinajstić information content (AvgIpc) is 2.15. The number of nitrogens with zero attached hydrogens (tertiary/aromatic N) is 2. The van der Waals surface area contributed by atoms with Gasteiger partial charge in [0, 0.05) is 5.39 Å². The molecule has 1 aromatic heterocycles. The van der Waals surface area contributed by atoms with Crippen molar-refractivity contribution in [3.63, 3.8) is 0 Å². The van der Waals surface area contributed by atoms with Gasteiger partial charge >= 0.3 is 0 Å². The Balaban J connectivity index is 2.39. The van der Waals surface area contributed by atoms with Gasteiger partial charge in [0.2, 0.25) is 0 Å². The Kier molecular flexibility index (Phi) is 2.43. The van der Waals surface area contributed by atoms with E-state index in [1.165, 1.54) is 5.56 Å². The fourth-order valence-corrected chi connectivity index (χ4v) is 1.75. The molecule has 78 valence electrons. The van der Waals surface area contributed by atoms with Crippen LogP contribution < -0.4 is 0 Å². The van der Waals surface area contributed by atoms with Gasteiger partial charge in [0.25, 0.3) is 0 Å². The summed E-state index contributed by atoms with van der Waals surface area (Å²) >= 11 is 0. The van der Waals surface area contributed by atoms with Gasteiger partial charge in [-0.25, -0.2) is 0 Å². The van der Waals surface area contributed by atoms with Gasteiger partial charge in [-0.2, -0.15) is 10.2 Å². The molecule has 0 amide bonds. The predicted molar refractivity (Wildman–Crippen MR) is 62.7 cm³/mol. The Morgan fingerprint density at radius 2 is 1.93 bits per heavy atom. The Labute approximate surface area is 90.3 Å². The van der Waals surface area contributed by atoms with Crippen LogP contribution in [0.1, 0.15) is 26.3 Å². The molecule has 2 aromatic rings. The maximum Gasteiger partial charge on any atom is 0.0932 e. The van der Waals surface area contributed by atoms with E-state index in [1.54, 1.807) is 6.20 Å². The summed E-state index contributed by atoms with van der Waals surface area (Å²) in [7, 11) is 0. The zero-order chi connectivity index (χ0) is 10.9. The molecule has 0 fully saturated rings. The van der Waals surface area contributed by atoms with Gasteiger partial charge in [0.05, 0.1) is 11.7 Å². The summed E-state index contributed by atoms with van der Waals surface area (Å²) in [5, 5.41) is 9.18. The van der Waals surface area contributed by atoms with Gasteiger partial charge in [0.1, 0.15) is 0 Å². The van der Waals surface area contributed by atoms with Crippen LogP contribution in [0.2, 0.25) is 0 Å². The van der Waals surface area contributed by atoms with Crippen LogP contribution in [0.5, 0.6) is 0 Å². The van der Waals surface area contributed by atoms with E-state index in [-0.39, 0.29) is 0 Å². The lowest BCUT2D eigenvalue weighted by Crippen LogP contribution is -2.08. The molecule has 0 atom stereocenters. The van der Waals surface area contributed by atoms with Crippen LogP contribution in [0.15, 0.2) is 30.5 Å². The molecular weight excluding hydrogens is 184 g/mol. The summed E-state index contributed by atoms with van der Waals surface area (Å²) in [5.41, 5.74) is 2.63. The van der Waals surface area contributed by atoms with Gasteiger partial charge in [-0.1, -0.05) is 32.9 Å². The first-order valence-electron chi connectivity index (χ1n) is 5.25. The summed E-state index contributed by atoms with van der Waals surface area (Å²) in [5.74, 6) is 0. The highest BCUT2D eigenvalue weighted by Crippen LogP contribution is 2.22. The largest absolute Gasteiger partial charge is 0.159 e. The molecule has 0 aliphatic rings. The van der Waals surface area contributed by atoms with E-state index in [9.17, 15) is 0 Å². The first-order valence-corrected chi connectivity index (χ1v) is 5.25. The van der Waals surface area contributed by atoms with Crippen molar-refractivity contribution >= 4 is 10.9 Å². The Morgan fingerprint density at radius 1 is 1.13 bits per heavy atom. The molecule has 0 spiro atoms. The van der Waals surface area contributed by atoms with Gasteiger partial charge in [-0.05, 0) is 29.5 Å². The van der Waals surface area contributed by atoms with Crippen molar-refractivity contribution in [2.24, 2.45) is 5.41 Å². The topological polar surface area (TPSA) is 25.8 Å². The van der Waals surface area contributed by atoms with E-state index in [0.717, 1.165) is 17.3 Å². The highest BCUT2D eigenvalue weighted by Gasteiger charge is 2.11. The van der Waals surface area contributed by atoms with Crippen LogP contribution >= 0.6 is 0 Å². The van der Waals surface area contributed by atoms with Gasteiger partial charge in [0.15, 0.2) is 0 Å². The minimum atomic E-state index is 0.315. The molecule has 0 aliphatic heterocycles. The van der Waals surface area contributed by atoms with E-state index in [1.807, 2.05) is 6.07 Å². The van der Waals surface area contributed by atoms with E-state index in [0.29, 0.717) is 5.41 Å². The third-order valence-corrected chi connectivity index (χ3v) is 2.32. The monoisotopic (exact) mass is 200 g/mol. The SMILES string of the molecule is CC(C)(C)Cc1ccc2ccnnc2c1. The molecule has 0 saturated carbocycles. The number of benzene rings is 1. The number of hydrogen-bond donors (Lipinski definition) is 0. The fraction of sp³-hybridized carbons (Fsp3) is 0.385. The average molecular weight is 200 g/mol. The standard InChI is InChI=1S/C13H16N2/c1-13(2,3)9-10-4-5-11-6-7-14-15-12(11)8-10/h4-8H,9H2,1-3H3. The zero-order valence-electron chi connectivity index (χ0n) is 9.49. The zero-order valence-corrected chi connectivity index (χ0v) is 9.49. The molecule has 0 radical (unpaired) electrons. The van der Waals surface area contributed by atoms with Crippen molar-refractivity contribution in [1.29, 1.82) is 0 Å².